The van der Waals surface area contributed by atoms with Gasteiger partial charge in [0, 0.05) is 24.1 Å². The van der Waals surface area contributed by atoms with Gasteiger partial charge in [0.1, 0.15) is 5.75 Å². The number of nitrogens with one attached hydrogen (secondary N) is 3. The largest absolute Gasteiger partial charge is 0.494 e. The van der Waals surface area contributed by atoms with Crippen LogP contribution in [0.4, 0.5) is 5.69 Å². The van der Waals surface area contributed by atoms with Gasteiger partial charge in [-0.05, 0) is 50.1 Å². The van der Waals surface area contributed by atoms with Crippen LogP contribution in [0.5, 0.6) is 5.75 Å². The van der Waals surface area contributed by atoms with Crippen molar-refractivity contribution < 1.29 is 19.1 Å². The molecule has 0 aromatic heterocycles. The molecule has 2 rings (SSSR count). The van der Waals surface area contributed by atoms with Crippen LogP contribution < -0.4 is 20.9 Å². The average molecular weight is 397 g/mol. The van der Waals surface area contributed by atoms with Crippen molar-refractivity contribution >= 4 is 23.4 Å². The van der Waals surface area contributed by atoms with Gasteiger partial charge in [0.05, 0.1) is 6.61 Å². The highest BCUT2D eigenvalue weighted by atomic mass is 16.5. The molecule has 7 heteroatoms. The first-order valence-electron chi connectivity index (χ1n) is 9.58. The van der Waals surface area contributed by atoms with Crippen LogP contribution in [0, 0.1) is 13.8 Å². The smallest absolute Gasteiger partial charge is 0.269 e. The van der Waals surface area contributed by atoms with Crippen LogP contribution in [0.1, 0.15) is 47.7 Å². The van der Waals surface area contributed by atoms with Gasteiger partial charge >= 0.3 is 0 Å². The van der Waals surface area contributed by atoms with Crippen molar-refractivity contribution in [3.8, 4) is 5.75 Å². The zero-order valence-corrected chi connectivity index (χ0v) is 17.0. The second-order valence-electron chi connectivity index (χ2n) is 6.75. The van der Waals surface area contributed by atoms with Crippen molar-refractivity contribution in [2.75, 3.05) is 11.9 Å². The maximum atomic E-state index is 12.2. The Labute approximate surface area is 170 Å². The van der Waals surface area contributed by atoms with Crippen molar-refractivity contribution in [1.82, 2.24) is 10.9 Å². The summed E-state index contributed by atoms with van der Waals surface area (Å²) >= 11 is 0. The predicted octanol–water partition coefficient (Wildman–Crippen LogP) is 3.27. The highest BCUT2D eigenvalue weighted by Gasteiger charge is 2.11. The lowest BCUT2D eigenvalue weighted by molar-refractivity contribution is -0.124. The molecule has 3 amide bonds. The Kier molecular flexibility index (Phi) is 8.21. The maximum absolute atomic E-state index is 12.2. The zero-order chi connectivity index (χ0) is 21.2. The second kappa shape index (κ2) is 10.8. The van der Waals surface area contributed by atoms with Crippen LogP contribution in [0.25, 0.3) is 0 Å². The molecule has 2 aromatic carbocycles. The van der Waals surface area contributed by atoms with Crippen LogP contribution in [-0.2, 0) is 9.59 Å². The third-order valence-electron chi connectivity index (χ3n) is 4.12. The van der Waals surface area contributed by atoms with Gasteiger partial charge in [-0.2, -0.15) is 0 Å². The van der Waals surface area contributed by atoms with Crippen molar-refractivity contribution in [2.24, 2.45) is 0 Å². The van der Waals surface area contributed by atoms with E-state index in [1.165, 1.54) is 0 Å². The summed E-state index contributed by atoms with van der Waals surface area (Å²) in [5, 5.41) is 2.79. The summed E-state index contributed by atoms with van der Waals surface area (Å²) in [6, 6.07) is 12.4. The van der Waals surface area contributed by atoms with E-state index in [1.54, 1.807) is 24.3 Å². The number of benzene rings is 2. The fraction of sp³-hybridized carbons (Fsp3) is 0.318. The minimum Gasteiger partial charge on any atom is -0.494 e. The number of aryl methyl sites for hydroxylation is 2. The Balaban J connectivity index is 1.76. The standard InChI is InChI=1S/C22H27N3O4/c1-4-12-29-18-7-5-6-17(14-18)22(28)25-24-21(27)11-10-20(26)23-19-9-8-15(2)13-16(19)3/h5-9,13-14H,4,10-12H2,1-3H3,(H,23,26)(H,24,27)(H,25,28). The van der Waals surface area contributed by atoms with Gasteiger partial charge < -0.3 is 10.1 Å². The van der Waals surface area contributed by atoms with E-state index < -0.39 is 11.8 Å². The molecule has 29 heavy (non-hydrogen) atoms. The zero-order valence-electron chi connectivity index (χ0n) is 17.0. The van der Waals surface area contributed by atoms with Crippen LogP contribution in [0.3, 0.4) is 0 Å². The topological polar surface area (TPSA) is 96.5 Å². The van der Waals surface area contributed by atoms with E-state index in [-0.39, 0.29) is 18.7 Å². The Morgan fingerprint density at radius 1 is 0.931 bits per heavy atom. The van der Waals surface area contributed by atoms with E-state index in [1.807, 2.05) is 39.0 Å². The Morgan fingerprint density at radius 2 is 1.69 bits per heavy atom. The van der Waals surface area contributed by atoms with Gasteiger partial charge in [0.2, 0.25) is 11.8 Å². The summed E-state index contributed by atoms with van der Waals surface area (Å²) < 4.78 is 5.49. The minimum atomic E-state index is -0.458. The number of ether oxygens (including phenoxy) is 1. The van der Waals surface area contributed by atoms with Crippen molar-refractivity contribution in [2.45, 2.75) is 40.0 Å². The van der Waals surface area contributed by atoms with Gasteiger partial charge in [-0.25, -0.2) is 0 Å². The summed E-state index contributed by atoms with van der Waals surface area (Å²) in [5.41, 5.74) is 7.82. The second-order valence-corrected chi connectivity index (χ2v) is 6.75. The highest BCUT2D eigenvalue weighted by molar-refractivity contribution is 5.97. The molecule has 154 valence electrons. The number of carbonyl (C=O) groups excluding carboxylic acids is 3. The quantitative estimate of drug-likeness (QED) is 0.596. The number of hydrogen-bond acceptors (Lipinski definition) is 4. The van der Waals surface area contributed by atoms with Crippen LogP contribution >= 0.6 is 0 Å². The lowest BCUT2D eigenvalue weighted by atomic mass is 10.1. The van der Waals surface area contributed by atoms with E-state index in [0.29, 0.717) is 17.9 Å². The van der Waals surface area contributed by atoms with Crippen molar-refractivity contribution in [1.29, 1.82) is 0 Å². The summed E-state index contributed by atoms with van der Waals surface area (Å²) in [5.74, 6) is -0.583. The first-order chi connectivity index (χ1) is 13.9. The molecule has 0 bridgehead atoms. The van der Waals surface area contributed by atoms with Crippen LogP contribution in [-0.4, -0.2) is 24.3 Å². The molecule has 0 atom stereocenters. The number of anilines is 1. The number of hydrazine groups is 1. The molecule has 0 unspecified atom stereocenters. The van der Waals surface area contributed by atoms with Gasteiger partial charge in [-0.15, -0.1) is 0 Å². The first-order valence-corrected chi connectivity index (χ1v) is 9.58. The molecule has 0 aliphatic rings. The maximum Gasteiger partial charge on any atom is 0.269 e. The molecule has 0 aliphatic carbocycles. The summed E-state index contributed by atoms with van der Waals surface area (Å²) in [6.45, 7) is 6.44. The Bertz CT molecular complexity index is 880. The molecule has 0 saturated carbocycles. The van der Waals surface area contributed by atoms with Crippen LogP contribution in [0.15, 0.2) is 42.5 Å². The third-order valence-corrected chi connectivity index (χ3v) is 4.12. The molecular formula is C22H27N3O4. The lowest BCUT2D eigenvalue weighted by Gasteiger charge is -2.10. The molecule has 0 aliphatic heterocycles. The van der Waals surface area contributed by atoms with Gasteiger partial charge in [-0.1, -0.05) is 30.7 Å². The Morgan fingerprint density at radius 3 is 2.41 bits per heavy atom. The minimum absolute atomic E-state index is 0.00929. The lowest BCUT2D eigenvalue weighted by Crippen LogP contribution is -2.41. The molecule has 0 spiro atoms. The predicted molar refractivity (Wildman–Crippen MR) is 112 cm³/mol. The summed E-state index contributed by atoms with van der Waals surface area (Å²) in [7, 11) is 0. The Hall–Kier alpha value is -3.35. The normalized spacial score (nSPS) is 10.2. The fourth-order valence-electron chi connectivity index (χ4n) is 2.60. The van der Waals surface area contributed by atoms with E-state index in [4.69, 9.17) is 4.74 Å². The van der Waals surface area contributed by atoms with E-state index in [9.17, 15) is 14.4 Å². The summed E-state index contributed by atoms with van der Waals surface area (Å²) in [4.78, 5) is 36.1. The first kappa shape index (κ1) is 21.9. The van der Waals surface area contributed by atoms with Gasteiger partial charge in [-0.3, -0.25) is 25.2 Å². The number of amides is 3. The van der Waals surface area contributed by atoms with E-state index in [2.05, 4.69) is 16.2 Å². The molecule has 2 aromatic rings. The molecule has 0 saturated heterocycles. The number of carbonyl (C=O) groups is 3. The fourth-order valence-corrected chi connectivity index (χ4v) is 2.60. The summed E-state index contributed by atoms with van der Waals surface area (Å²) in [6.07, 6.45) is 0.829. The molecule has 0 radical (unpaired) electrons. The monoisotopic (exact) mass is 397 g/mol. The molecular weight excluding hydrogens is 370 g/mol. The van der Waals surface area contributed by atoms with Crippen molar-refractivity contribution in [3.63, 3.8) is 0 Å². The average Bonchev–Trinajstić information content (AvgIpc) is 2.71. The van der Waals surface area contributed by atoms with E-state index >= 15 is 0 Å². The molecule has 3 N–H and O–H groups in total. The molecule has 0 heterocycles. The SMILES string of the molecule is CCCOc1cccc(C(=O)NNC(=O)CCC(=O)Nc2ccc(C)cc2C)c1. The van der Waals surface area contributed by atoms with Crippen molar-refractivity contribution in [3.05, 3.63) is 59.2 Å². The number of rotatable bonds is 8. The van der Waals surface area contributed by atoms with Gasteiger partial charge in [0.15, 0.2) is 0 Å². The van der Waals surface area contributed by atoms with E-state index in [0.717, 1.165) is 23.2 Å². The van der Waals surface area contributed by atoms with Crippen LogP contribution in [0.2, 0.25) is 0 Å². The number of hydrogen-bond donors (Lipinski definition) is 3. The third kappa shape index (κ3) is 7.29. The van der Waals surface area contributed by atoms with Gasteiger partial charge in [0.25, 0.3) is 5.91 Å². The highest BCUT2D eigenvalue weighted by Crippen LogP contribution is 2.16. The molecule has 7 nitrogen and oxygen atoms in total. The molecule has 0 fully saturated rings.